The molecule has 0 aliphatic heterocycles. The van der Waals surface area contributed by atoms with Crippen molar-refractivity contribution >= 4 is 32.8 Å². The van der Waals surface area contributed by atoms with Gasteiger partial charge in [-0.2, -0.15) is 0 Å². The molecular weight excluding hydrogens is 316 g/mol. The Hall–Kier alpha value is -0.920. The van der Waals surface area contributed by atoms with E-state index in [1.54, 1.807) is 24.3 Å². The van der Waals surface area contributed by atoms with Crippen molar-refractivity contribution in [1.29, 1.82) is 0 Å². The summed E-state index contributed by atoms with van der Waals surface area (Å²) in [7, 11) is -3.17. The summed E-state index contributed by atoms with van der Waals surface area (Å²) in [5, 5.41) is 0. The molecule has 1 heterocycles. The molecule has 0 radical (unpaired) electrons. The standard InChI is InChI=1S/C13H15ClN2O2S2/c1-20(17,18)11-5-2-9(3-6-11)12(16-15)8-10-4-7-13(14)19-10/h2-7,12,16H,8,15H2,1H3. The number of nitrogens with one attached hydrogen (secondary N) is 1. The van der Waals surface area contributed by atoms with Crippen molar-refractivity contribution in [3.63, 3.8) is 0 Å². The van der Waals surface area contributed by atoms with Crippen LogP contribution < -0.4 is 11.3 Å². The number of hydrogen-bond acceptors (Lipinski definition) is 5. The minimum atomic E-state index is -3.17. The van der Waals surface area contributed by atoms with Crippen molar-refractivity contribution in [2.24, 2.45) is 5.84 Å². The predicted octanol–water partition coefficient (Wildman–Crippen LogP) is 2.55. The summed E-state index contributed by atoms with van der Waals surface area (Å²) in [6.07, 6.45) is 1.89. The van der Waals surface area contributed by atoms with Gasteiger partial charge in [-0.3, -0.25) is 11.3 Å². The van der Waals surface area contributed by atoms with Crippen LogP contribution in [0.2, 0.25) is 4.34 Å². The average Bonchev–Trinajstić information content (AvgIpc) is 2.81. The van der Waals surface area contributed by atoms with Crippen LogP contribution in [0.25, 0.3) is 0 Å². The molecule has 2 aromatic rings. The zero-order valence-corrected chi connectivity index (χ0v) is 13.2. The molecule has 0 spiro atoms. The lowest BCUT2D eigenvalue weighted by Gasteiger charge is -2.15. The minimum Gasteiger partial charge on any atom is -0.271 e. The Labute approximate surface area is 127 Å². The number of rotatable bonds is 5. The highest BCUT2D eigenvalue weighted by molar-refractivity contribution is 7.90. The normalized spacial score (nSPS) is 13.3. The fourth-order valence-corrected chi connectivity index (χ4v) is 3.65. The zero-order valence-electron chi connectivity index (χ0n) is 10.8. The van der Waals surface area contributed by atoms with Crippen molar-refractivity contribution in [3.8, 4) is 0 Å². The van der Waals surface area contributed by atoms with E-state index >= 15 is 0 Å². The van der Waals surface area contributed by atoms with Gasteiger partial charge >= 0.3 is 0 Å². The fraction of sp³-hybridized carbons (Fsp3) is 0.231. The second-order valence-electron chi connectivity index (χ2n) is 4.47. The van der Waals surface area contributed by atoms with Crippen LogP contribution in [0.1, 0.15) is 16.5 Å². The molecule has 0 aliphatic carbocycles. The fourth-order valence-electron chi connectivity index (χ4n) is 1.88. The number of hydrazine groups is 1. The first-order valence-corrected chi connectivity index (χ1v) is 8.99. The van der Waals surface area contributed by atoms with Crippen molar-refractivity contribution in [2.45, 2.75) is 17.4 Å². The topological polar surface area (TPSA) is 72.2 Å². The molecule has 0 bridgehead atoms. The Kier molecular flexibility index (Phi) is 4.82. The summed E-state index contributed by atoms with van der Waals surface area (Å²) >= 11 is 7.41. The Bertz CT molecular complexity index is 681. The number of halogens is 1. The molecule has 3 N–H and O–H groups in total. The van der Waals surface area contributed by atoms with Crippen molar-refractivity contribution in [1.82, 2.24) is 5.43 Å². The van der Waals surface area contributed by atoms with Gasteiger partial charge in [0, 0.05) is 17.6 Å². The molecule has 20 heavy (non-hydrogen) atoms. The molecule has 1 atom stereocenters. The van der Waals surface area contributed by atoms with Gasteiger partial charge in [0.1, 0.15) is 0 Å². The highest BCUT2D eigenvalue weighted by Crippen LogP contribution is 2.26. The molecule has 0 fully saturated rings. The maximum atomic E-state index is 11.4. The molecule has 0 amide bonds. The molecular formula is C13H15ClN2O2S2. The lowest BCUT2D eigenvalue weighted by molar-refractivity contribution is 0.555. The lowest BCUT2D eigenvalue weighted by atomic mass is 10.0. The summed E-state index contributed by atoms with van der Waals surface area (Å²) < 4.78 is 23.6. The molecule has 0 saturated carbocycles. The van der Waals surface area contributed by atoms with Crippen LogP contribution in [-0.2, 0) is 16.3 Å². The summed E-state index contributed by atoms with van der Waals surface area (Å²) in [6.45, 7) is 0. The minimum absolute atomic E-state index is 0.0849. The number of hydrogen-bond donors (Lipinski definition) is 2. The Morgan fingerprint density at radius 3 is 2.35 bits per heavy atom. The molecule has 1 aromatic carbocycles. The number of nitrogens with two attached hydrogens (primary N) is 1. The van der Waals surface area contributed by atoms with E-state index in [1.807, 2.05) is 12.1 Å². The molecule has 0 saturated heterocycles. The van der Waals surface area contributed by atoms with Crippen LogP contribution in [0.4, 0.5) is 0 Å². The van der Waals surface area contributed by atoms with E-state index in [-0.39, 0.29) is 6.04 Å². The Morgan fingerprint density at radius 1 is 1.25 bits per heavy atom. The van der Waals surface area contributed by atoms with Gasteiger partial charge in [0.05, 0.1) is 15.3 Å². The van der Waals surface area contributed by atoms with Gasteiger partial charge in [-0.15, -0.1) is 11.3 Å². The summed E-state index contributed by atoms with van der Waals surface area (Å²) in [6, 6.07) is 10.5. The van der Waals surface area contributed by atoms with Gasteiger partial charge in [0.15, 0.2) is 9.84 Å². The van der Waals surface area contributed by atoms with Crippen LogP contribution in [0.15, 0.2) is 41.3 Å². The van der Waals surface area contributed by atoms with Gasteiger partial charge in [-0.05, 0) is 29.8 Å². The third kappa shape index (κ3) is 3.80. The number of benzene rings is 1. The van der Waals surface area contributed by atoms with Gasteiger partial charge in [0.2, 0.25) is 0 Å². The summed E-state index contributed by atoms with van der Waals surface area (Å²) in [5.74, 6) is 5.59. The van der Waals surface area contributed by atoms with E-state index < -0.39 is 9.84 Å². The first kappa shape index (κ1) is 15.5. The first-order chi connectivity index (χ1) is 9.40. The highest BCUT2D eigenvalue weighted by atomic mass is 35.5. The predicted molar refractivity (Wildman–Crippen MR) is 82.6 cm³/mol. The highest BCUT2D eigenvalue weighted by Gasteiger charge is 2.13. The van der Waals surface area contributed by atoms with E-state index in [0.29, 0.717) is 11.3 Å². The zero-order chi connectivity index (χ0) is 14.8. The molecule has 0 aliphatic rings. The molecule has 4 nitrogen and oxygen atoms in total. The van der Waals surface area contributed by atoms with Crippen LogP contribution in [0.5, 0.6) is 0 Å². The van der Waals surface area contributed by atoms with E-state index in [0.717, 1.165) is 14.8 Å². The third-order valence-electron chi connectivity index (χ3n) is 2.95. The van der Waals surface area contributed by atoms with Crippen LogP contribution in [-0.4, -0.2) is 14.7 Å². The maximum Gasteiger partial charge on any atom is 0.175 e. The summed E-state index contributed by atoms with van der Waals surface area (Å²) in [4.78, 5) is 1.42. The molecule has 108 valence electrons. The van der Waals surface area contributed by atoms with Gasteiger partial charge in [-0.25, -0.2) is 8.42 Å². The summed E-state index contributed by atoms with van der Waals surface area (Å²) in [5.41, 5.74) is 3.68. The molecule has 1 unspecified atom stereocenters. The smallest absolute Gasteiger partial charge is 0.175 e. The van der Waals surface area contributed by atoms with Gasteiger partial charge in [0.25, 0.3) is 0 Å². The first-order valence-electron chi connectivity index (χ1n) is 5.90. The number of thiophene rings is 1. The second-order valence-corrected chi connectivity index (χ2v) is 8.29. The monoisotopic (exact) mass is 330 g/mol. The van der Waals surface area contributed by atoms with Crippen LogP contribution in [0, 0.1) is 0 Å². The quantitative estimate of drug-likeness (QED) is 0.653. The molecule has 7 heteroatoms. The van der Waals surface area contributed by atoms with Gasteiger partial charge < -0.3 is 0 Å². The Balaban J connectivity index is 2.19. The average molecular weight is 331 g/mol. The van der Waals surface area contributed by atoms with E-state index in [1.165, 1.54) is 17.6 Å². The van der Waals surface area contributed by atoms with Crippen LogP contribution in [0.3, 0.4) is 0 Å². The Morgan fingerprint density at radius 2 is 1.90 bits per heavy atom. The molecule has 2 rings (SSSR count). The van der Waals surface area contributed by atoms with Crippen molar-refractivity contribution in [3.05, 3.63) is 51.2 Å². The lowest BCUT2D eigenvalue weighted by Crippen LogP contribution is -2.29. The second kappa shape index (κ2) is 6.24. The molecule has 1 aromatic heterocycles. The van der Waals surface area contributed by atoms with E-state index in [2.05, 4.69) is 5.43 Å². The van der Waals surface area contributed by atoms with Crippen molar-refractivity contribution < 1.29 is 8.42 Å². The van der Waals surface area contributed by atoms with E-state index in [4.69, 9.17) is 17.4 Å². The van der Waals surface area contributed by atoms with Gasteiger partial charge in [-0.1, -0.05) is 23.7 Å². The largest absolute Gasteiger partial charge is 0.271 e. The van der Waals surface area contributed by atoms with Crippen molar-refractivity contribution in [2.75, 3.05) is 6.26 Å². The van der Waals surface area contributed by atoms with E-state index in [9.17, 15) is 8.42 Å². The number of sulfone groups is 1. The maximum absolute atomic E-state index is 11.4. The van der Waals surface area contributed by atoms with Crippen LogP contribution >= 0.6 is 22.9 Å². The SMILES string of the molecule is CS(=O)(=O)c1ccc(C(Cc2ccc(Cl)s2)NN)cc1. The third-order valence-corrected chi connectivity index (χ3v) is 5.33.